The molecular formula is C21H30IN5O2S. The summed E-state index contributed by atoms with van der Waals surface area (Å²) >= 11 is 1.75. The molecule has 164 valence electrons. The molecule has 30 heavy (non-hydrogen) atoms. The molecule has 3 heterocycles. The highest BCUT2D eigenvalue weighted by atomic mass is 127. The second-order valence-corrected chi connectivity index (χ2v) is 8.03. The number of halogens is 1. The van der Waals surface area contributed by atoms with Gasteiger partial charge in [-0.2, -0.15) is 0 Å². The van der Waals surface area contributed by atoms with Crippen LogP contribution < -0.4 is 25.0 Å². The number of ether oxygens (including phenoxy) is 2. The van der Waals surface area contributed by atoms with E-state index in [1.54, 1.807) is 11.3 Å². The molecule has 1 aromatic heterocycles. The molecule has 9 heteroatoms. The normalized spacial score (nSPS) is 15.2. The first-order valence-corrected chi connectivity index (χ1v) is 11.3. The predicted molar refractivity (Wildman–Crippen MR) is 133 cm³/mol. The van der Waals surface area contributed by atoms with Crippen LogP contribution in [0.25, 0.3) is 0 Å². The lowest BCUT2D eigenvalue weighted by atomic mass is 10.1. The van der Waals surface area contributed by atoms with Crippen molar-refractivity contribution in [3.63, 3.8) is 0 Å². The minimum Gasteiger partial charge on any atom is -0.454 e. The summed E-state index contributed by atoms with van der Waals surface area (Å²) in [5, 5.41) is 10.1. The van der Waals surface area contributed by atoms with Gasteiger partial charge in [0.15, 0.2) is 22.6 Å². The molecule has 0 radical (unpaired) electrons. The Labute approximate surface area is 199 Å². The Kier molecular flexibility index (Phi) is 8.86. The molecule has 0 saturated carbocycles. The topological polar surface area (TPSA) is 71.0 Å². The van der Waals surface area contributed by atoms with Crippen LogP contribution in [-0.2, 0) is 12.8 Å². The van der Waals surface area contributed by atoms with Crippen molar-refractivity contribution in [2.75, 3.05) is 44.4 Å². The third kappa shape index (κ3) is 6.13. The number of aliphatic imine (C=N–C) groups is 1. The van der Waals surface area contributed by atoms with Gasteiger partial charge < -0.3 is 25.0 Å². The van der Waals surface area contributed by atoms with Gasteiger partial charge in [-0.15, -0.1) is 35.3 Å². The average molecular weight is 543 g/mol. The molecule has 1 fully saturated rings. The summed E-state index contributed by atoms with van der Waals surface area (Å²) < 4.78 is 10.8. The van der Waals surface area contributed by atoms with Crippen LogP contribution in [0.2, 0.25) is 0 Å². The Morgan fingerprint density at radius 2 is 2.00 bits per heavy atom. The summed E-state index contributed by atoms with van der Waals surface area (Å²) in [6.07, 6.45) is 4.32. The number of anilines is 1. The van der Waals surface area contributed by atoms with Gasteiger partial charge in [0, 0.05) is 44.5 Å². The molecule has 0 spiro atoms. The van der Waals surface area contributed by atoms with E-state index in [1.165, 1.54) is 18.4 Å². The molecule has 2 aliphatic rings. The molecule has 1 aromatic carbocycles. The number of benzene rings is 1. The Bertz CT molecular complexity index is 839. The molecule has 2 aromatic rings. The fourth-order valence-electron chi connectivity index (χ4n) is 3.51. The number of aromatic nitrogens is 1. The van der Waals surface area contributed by atoms with Crippen molar-refractivity contribution in [1.82, 2.24) is 15.6 Å². The Hall–Kier alpha value is -1.75. The van der Waals surface area contributed by atoms with Gasteiger partial charge in [-0.1, -0.05) is 6.07 Å². The fourth-order valence-corrected chi connectivity index (χ4v) is 4.42. The zero-order valence-electron chi connectivity index (χ0n) is 17.4. The third-order valence-corrected chi connectivity index (χ3v) is 5.99. The lowest BCUT2D eigenvalue weighted by Gasteiger charge is -2.12. The number of thiazole rings is 1. The van der Waals surface area contributed by atoms with Crippen LogP contribution in [-0.4, -0.2) is 50.5 Å². The molecule has 4 rings (SSSR count). The Morgan fingerprint density at radius 3 is 2.83 bits per heavy atom. The van der Waals surface area contributed by atoms with Crippen molar-refractivity contribution in [1.29, 1.82) is 0 Å². The first-order chi connectivity index (χ1) is 14.3. The maximum atomic E-state index is 5.45. The first kappa shape index (κ1) is 22.9. The van der Waals surface area contributed by atoms with Crippen molar-refractivity contribution in [2.24, 2.45) is 4.99 Å². The summed E-state index contributed by atoms with van der Waals surface area (Å²) in [6.45, 7) is 7.05. The lowest BCUT2D eigenvalue weighted by Crippen LogP contribution is -2.38. The Balaban J connectivity index is 0.00000256. The van der Waals surface area contributed by atoms with Crippen LogP contribution in [0.1, 0.15) is 31.0 Å². The van der Waals surface area contributed by atoms with Crippen molar-refractivity contribution in [3.8, 4) is 11.5 Å². The number of fused-ring (bicyclic) bond motifs is 1. The molecular weight excluding hydrogens is 513 g/mol. The van der Waals surface area contributed by atoms with Crippen molar-refractivity contribution >= 4 is 46.4 Å². The number of rotatable bonds is 8. The molecule has 0 atom stereocenters. The second-order valence-electron chi connectivity index (χ2n) is 7.19. The van der Waals surface area contributed by atoms with E-state index in [2.05, 4.69) is 33.9 Å². The lowest BCUT2D eigenvalue weighted by molar-refractivity contribution is 0.174. The van der Waals surface area contributed by atoms with E-state index >= 15 is 0 Å². The third-order valence-electron chi connectivity index (χ3n) is 5.04. The van der Waals surface area contributed by atoms with Crippen molar-refractivity contribution in [3.05, 3.63) is 34.8 Å². The molecule has 7 nitrogen and oxygen atoms in total. The van der Waals surface area contributed by atoms with Crippen LogP contribution >= 0.6 is 35.3 Å². The summed E-state index contributed by atoms with van der Waals surface area (Å²) in [5.41, 5.74) is 2.35. The fraction of sp³-hybridized carbons (Fsp3) is 0.524. The van der Waals surface area contributed by atoms with E-state index in [9.17, 15) is 0 Å². The smallest absolute Gasteiger partial charge is 0.231 e. The maximum Gasteiger partial charge on any atom is 0.231 e. The monoisotopic (exact) mass is 543 g/mol. The van der Waals surface area contributed by atoms with Crippen LogP contribution in [0.4, 0.5) is 5.13 Å². The number of hydrogen-bond donors (Lipinski definition) is 2. The largest absolute Gasteiger partial charge is 0.454 e. The molecule has 0 aliphatic carbocycles. The summed E-state index contributed by atoms with van der Waals surface area (Å²) in [6, 6.07) is 6.11. The van der Waals surface area contributed by atoms with E-state index in [0.29, 0.717) is 6.79 Å². The van der Waals surface area contributed by atoms with Gasteiger partial charge in [-0.25, -0.2) is 4.98 Å². The number of guanidine groups is 1. The highest BCUT2D eigenvalue weighted by Gasteiger charge is 2.15. The predicted octanol–water partition coefficient (Wildman–Crippen LogP) is 3.43. The van der Waals surface area contributed by atoms with E-state index in [1.807, 2.05) is 12.1 Å². The molecule has 0 unspecified atom stereocenters. The quantitative estimate of drug-likeness (QED) is 0.302. The minimum absolute atomic E-state index is 0. The van der Waals surface area contributed by atoms with Gasteiger partial charge >= 0.3 is 0 Å². The minimum atomic E-state index is 0. The molecule has 0 amide bonds. The van der Waals surface area contributed by atoms with E-state index < -0.39 is 0 Å². The summed E-state index contributed by atoms with van der Waals surface area (Å²) in [5.74, 6) is 2.51. The van der Waals surface area contributed by atoms with Crippen LogP contribution in [0.15, 0.2) is 28.6 Å². The average Bonchev–Trinajstić information content (AvgIpc) is 3.48. The summed E-state index contributed by atoms with van der Waals surface area (Å²) in [4.78, 5) is 11.9. The van der Waals surface area contributed by atoms with Gasteiger partial charge in [-0.05, 0) is 43.9 Å². The number of hydrogen-bond acceptors (Lipinski definition) is 6. The van der Waals surface area contributed by atoms with Crippen LogP contribution in [0.5, 0.6) is 11.5 Å². The van der Waals surface area contributed by atoms with Gasteiger partial charge in [0.2, 0.25) is 6.79 Å². The molecule has 1 saturated heterocycles. The van der Waals surface area contributed by atoms with Crippen molar-refractivity contribution < 1.29 is 9.47 Å². The Morgan fingerprint density at radius 1 is 1.17 bits per heavy atom. The highest BCUT2D eigenvalue weighted by Crippen LogP contribution is 2.32. The second kappa shape index (κ2) is 11.6. The first-order valence-electron chi connectivity index (χ1n) is 10.4. The van der Waals surface area contributed by atoms with E-state index in [4.69, 9.17) is 19.5 Å². The molecule has 2 N–H and O–H groups in total. The van der Waals surface area contributed by atoms with Crippen molar-refractivity contribution in [2.45, 2.75) is 32.6 Å². The SMILES string of the molecule is CCNC(=NCCc1csc(N2CCCC2)n1)NCCc1ccc2c(c1)OCO2.I. The van der Waals surface area contributed by atoms with E-state index in [-0.39, 0.29) is 24.0 Å². The number of nitrogens with zero attached hydrogens (tertiary/aromatic N) is 3. The molecule has 2 aliphatic heterocycles. The van der Waals surface area contributed by atoms with Gasteiger partial charge in [-0.3, -0.25) is 4.99 Å². The van der Waals surface area contributed by atoms with Crippen LogP contribution in [0, 0.1) is 0 Å². The van der Waals surface area contributed by atoms with Gasteiger partial charge in [0.1, 0.15) is 0 Å². The van der Waals surface area contributed by atoms with E-state index in [0.717, 1.165) is 73.8 Å². The van der Waals surface area contributed by atoms with Gasteiger partial charge in [0.05, 0.1) is 5.69 Å². The highest BCUT2D eigenvalue weighted by molar-refractivity contribution is 14.0. The maximum absolute atomic E-state index is 5.45. The zero-order valence-corrected chi connectivity index (χ0v) is 20.5. The zero-order chi connectivity index (χ0) is 19.9. The molecule has 0 bridgehead atoms. The summed E-state index contributed by atoms with van der Waals surface area (Å²) in [7, 11) is 0. The number of nitrogens with one attached hydrogen (secondary N) is 2. The van der Waals surface area contributed by atoms with Crippen LogP contribution in [0.3, 0.4) is 0 Å². The van der Waals surface area contributed by atoms with Gasteiger partial charge in [0.25, 0.3) is 0 Å². The standard InChI is InChI=1S/C21H29N5O2S.HI/c1-2-22-20(23-9-7-16-5-6-18-19(13-16)28-15-27-18)24-10-8-17-14-29-21(25-17)26-11-3-4-12-26;/h5-6,13-14H,2-4,7-12,15H2,1H3,(H2,22,23,24);1H.